The Morgan fingerprint density at radius 1 is 1.12 bits per heavy atom. The molecule has 0 aromatic heterocycles. The third-order valence-corrected chi connectivity index (χ3v) is 3.16. The molecule has 0 aliphatic rings. The van der Waals surface area contributed by atoms with Crippen molar-refractivity contribution in [1.29, 1.82) is 0 Å². The van der Waals surface area contributed by atoms with E-state index < -0.39 is 45.6 Å². The fourth-order valence-corrected chi connectivity index (χ4v) is 1.95. The summed E-state index contributed by atoms with van der Waals surface area (Å²) in [7, 11) is 0. The number of benzene rings is 2. The predicted molar refractivity (Wildman–Crippen MR) is 82.1 cm³/mol. The van der Waals surface area contributed by atoms with E-state index in [1.807, 2.05) is 5.32 Å². The highest BCUT2D eigenvalue weighted by Crippen LogP contribution is 2.31. The van der Waals surface area contributed by atoms with Crippen molar-refractivity contribution in [2.75, 3.05) is 5.32 Å². The van der Waals surface area contributed by atoms with Crippen LogP contribution in [0, 0.1) is 21.7 Å². The summed E-state index contributed by atoms with van der Waals surface area (Å²) in [4.78, 5) is 21.7. The van der Waals surface area contributed by atoms with Crippen molar-refractivity contribution in [3.8, 4) is 0 Å². The second-order valence-corrected chi connectivity index (χ2v) is 4.98. The lowest BCUT2D eigenvalue weighted by Gasteiger charge is -2.10. The standard InChI is InChI=1S/C16H9F5N2O3/c17-11-4-1-9(14(8-11)23(25)26)2-6-15(24)22-13-7-10(16(19,20)21)3-5-12(13)18/h1-8H,(H,22,24)/b6-2+. The van der Waals surface area contributed by atoms with E-state index in [4.69, 9.17) is 0 Å². The number of carbonyl (C=O) groups excluding carboxylic acids is 1. The van der Waals surface area contributed by atoms with Crippen LogP contribution in [0.25, 0.3) is 6.08 Å². The number of nitro groups is 1. The molecule has 0 saturated carbocycles. The van der Waals surface area contributed by atoms with Gasteiger partial charge in [0.25, 0.3) is 5.69 Å². The molecule has 1 N–H and O–H groups in total. The number of nitro benzene ring substituents is 1. The zero-order chi connectivity index (χ0) is 19.5. The maximum atomic E-state index is 13.6. The van der Waals surface area contributed by atoms with Crippen LogP contribution in [-0.4, -0.2) is 10.8 Å². The number of nitrogens with zero attached hydrogens (tertiary/aromatic N) is 1. The Labute approximate surface area is 142 Å². The number of halogens is 5. The molecule has 136 valence electrons. The molecule has 2 aromatic carbocycles. The number of carbonyl (C=O) groups is 1. The Morgan fingerprint density at radius 3 is 2.42 bits per heavy atom. The second-order valence-electron chi connectivity index (χ2n) is 4.98. The van der Waals surface area contributed by atoms with Gasteiger partial charge in [-0.1, -0.05) is 0 Å². The minimum atomic E-state index is -4.72. The monoisotopic (exact) mass is 372 g/mol. The van der Waals surface area contributed by atoms with Gasteiger partial charge in [0, 0.05) is 6.08 Å². The summed E-state index contributed by atoms with van der Waals surface area (Å²) < 4.78 is 64.4. The average molecular weight is 372 g/mol. The van der Waals surface area contributed by atoms with Crippen molar-refractivity contribution >= 4 is 23.4 Å². The molecule has 2 aromatic rings. The second kappa shape index (κ2) is 7.30. The van der Waals surface area contributed by atoms with E-state index in [0.717, 1.165) is 24.3 Å². The quantitative estimate of drug-likeness (QED) is 0.371. The molecule has 0 fully saturated rings. The van der Waals surface area contributed by atoms with Gasteiger partial charge in [-0.05, 0) is 36.4 Å². The third kappa shape index (κ3) is 4.62. The average Bonchev–Trinajstić information content (AvgIpc) is 2.54. The molecule has 10 heteroatoms. The molecule has 26 heavy (non-hydrogen) atoms. The molecule has 2 rings (SSSR count). The minimum Gasteiger partial charge on any atom is -0.320 e. The van der Waals surface area contributed by atoms with E-state index >= 15 is 0 Å². The van der Waals surface area contributed by atoms with Gasteiger partial charge in [0.1, 0.15) is 11.6 Å². The van der Waals surface area contributed by atoms with E-state index in [-0.39, 0.29) is 5.56 Å². The fraction of sp³-hybridized carbons (Fsp3) is 0.0625. The van der Waals surface area contributed by atoms with Crippen LogP contribution in [0.2, 0.25) is 0 Å². The van der Waals surface area contributed by atoms with Crippen LogP contribution in [0.3, 0.4) is 0 Å². The van der Waals surface area contributed by atoms with Gasteiger partial charge in [-0.3, -0.25) is 14.9 Å². The first-order valence-electron chi connectivity index (χ1n) is 6.87. The first-order chi connectivity index (χ1) is 12.1. The number of amides is 1. The van der Waals surface area contributed by atoms with Gasteiger partial charge < -0.3 is 5.32 Å². The lowest BCUT2D eigenvalue weighted by atomic mass is 10.1. The van der Waals surface area contributed by atoms with Crippen LogP contribution in [0.1, 0.15) is 11.1 Å². The van der Waals surface area contributed by atoms with E-state index in [0.29, 0.717) is 24.3 Å². The lowest BCUT2D eigenvalue weighted by Crippen LogP contribution is -2.12. The normalized spacial score (nSPS) is 11.6. The maximum absolute atomic E-state index is 13.6. The van der Waals surface area contributed by atoms with Crippen molar-refractivity contribution < 1.29 is 31.7 Å². The van der Waals surface area contributed by atoms with Crippen LogP contribution in [-0.2, 0) is 11.0 Å². The number of hydrogen-bond acceptors (Lipinski definition) is 3. The number of alkyl halides is 3. The number of rotatable bonds is 4. The van der Waals surface area contributed by atoms with E-state index in [2.05, 4.69) is 0 Å². The van der Waals surface area contributed by atoms with E-state index in [1.165, 1.54) is 0 Å². The molecule has 0 heterocycles. The van der Waals surface area contributed by atoms with Crippen molar-refractivity contribution in [1.82, 2.24) is 0 Å². The summed E-state index contributed by atoms with van der Waals surface area (Å²) in [5, 5.41) is 12.7. The molecule has 0 saturated heterocycles. The molecular weight excluding hydrogens is 363 g/mol. The molecule has 0 aliphatic heterocycles. The number of anilines is 1. The van der Waals surface area contributed by atoms with Gasteiger partial charge in [-0.25, -0.2) is 8.78 Å². The fourth-order valence-electron chi connectivity index (χ4n) is 1.95. The molecule has 0 unspecified atom stereocenters. The van der Waals surface area contributed by atoms with Crippen LogP contribution < -0.4 is 5.32 Å². The third-order valence-electron chi connectivity index (χ3n) is 3.16. The summed E-state index contributed by atoms with van der Waals surface area (Å²) in [6, 6.07) is 4.10. The molecule has 0 atom stereocenters. The Balaban J connectivity index is 2.22. The Bertz CT molecular complexity index is 894. The summed E-state index contributed by atoms with van der Waals surface area (Å²) in [5.74, 6) is -2.97. The predicted octanol–water partition coefficient (Wildman–Crippen LogP) is 4.54. The number of hydrogen-bond donors (Lipinski definition) is 1. The molecule has 0 bridgehead atoms. The summed E-state index contributed by atoms with van der Waals surface area (Å²) in [6.45, 7) is 0. The molecular formula is C16H9F5N2O3. The van der Waals surface area contributed by atoms with Crippen molar-refractivity contribution in [3.63, 3.8) is 0 Å². The van der Waals surface area contributed by atoms with Crippen molar-refractivity contribution in [2.24, 2.45) is 0 Å². The number of nitrogens with one attached hydrogen (secondary N) is 1. The molecule has 5 nitrogen and oxygen atoms in total. The van der Waals surface area contributed by atoms with Gasteiger partial charge >= 0.3 is 6.18 Å². The highest BCUT2D eigenvalue weighted by molar-refractivity contribution is 6.02. The van der Waals surface area contributed by atoms with E-state index in [1.54, 1.807) is 0 Å². The van der Waals surface area contributed by atoms with Crippen LogP contribution in [0.15, 0.2) is 42.5 Å². The molecule has 0 aliphatic carbocycles. The Morgan fingerprint density at radius 2 is 1.81 bits per heavy atom. The molecule has 1 amide bonds. The zero-order valence-corrected chi connectivity index (χ0v) is 12.7. The Hall–Kier alpha value is -3.30. The van der Waals surface area contributed by atoms with Crippen LogP contribution >= 0.6 is 0 Å². The smallest absolute Gasteiger partial charge is 0.320 e. The van der Waals surface area contributed by atoms with Gasteiger partial charge in [0.15, 0.2) is 0 Å². The zero-order valence-electron chi connectivity index (χ0n) is 12.7. The Kier molecular flexibility index (Phi) is 5.34. The van der Waals surface area contributed by atoms with E-state index in [9.17, 15) is 36.9 Å². The summed E-state index contributed by atoms with van der Waals surface area (Å²) in [6.07, 6.45) is -3.02. The molecule has 0 spiro atoms. The van der Waals surface area contributed by atoms with Crippen LogP contribution in [0.5, 0.6) is 0 Å². The highest BCUT2D eigenvalue weighted by atomic mass is 19.4. The van der Waals surface area contributed by atoms with Gasteiger partial charge in [0.2, 0.25) is 5.91 Å². The first kappa shape index (κ1) is 19.0. The first-order valence-corrected chi connectivity index (χ1v) is 6.87. The largest absolute Gasteiger partial charge is 0.416 e. The maximum Gasteiger partial charge on any atom is 0.416 e. The molecule has 0 radical (unpaired) electrons. The van der Waals surface area contributed by atoms with Crippen LogP contribution in [0.4, 0.5) is 33.3 Å². The topological polar surface area (TPSA) is 72.2 Å². The summed E-state index contributed by atoms with van der Waals surface area (Å²) in [5.41, 5.74) is -2.59. The summed E-state index contributed by atoms with van der Waals surface area (Å²) >= 11 is 0. The van der Waals surface area contributed by atoms with Gasteiger partial charge in [-0.2, -0.15) is 13.2 Å². The minimum absolute atomic E-state index is 0.115. The lowest BCUT2D eigenvalue weighted by molar-refractivity contribution is -0.385. The SMILES string of the molecule is O=C(/C=C/c1ccc(F)cc1[N+](=O)[O-])Nc1cc(C(F)(F)F)ccc1F. The highest BCUT2D eigenvalue weighted by Gasteiger charge is 2.31. The van der Waals surface area contributed by atoms with Gasteiger partial charge in [-0.15, -0.1) is 0 Å². The van der Waals surface area contributed by atoms with Gasteiger partial charge in [0.05, 0.1) is 27.8 Å². The van der Waals surface area contributed by atoms with Crippen molar-refractivity contribution in [2.45, 2.75) is 6.18 Å². The van der Waals surface area contributed by atoms with Crippen molar-refractivity contribution in [3.05, 3.63) is 75.3 Å².